The molecule has 0 aromatic rings. The van der Waals surface area contributed by atoms with Gasteiger partial charge in [0.15, 0.2) is 0 Å². The maximum atomic E-state index is 12.0. The summed E-state index contributed by atoms with van der Waals surface area (Å²) >= 11 is 0. The van der Waals surface area contributed by atoms with Gasteiger partial charge in [0.25, 0.3) is 0 Å². The Balaban J connectivity index is 4.36. The lowest BCUT2D eigenvalue weighted by Crippen LogP contribution is -2.30. The van der Waals surface area contributed by atoms with Crippen molar-refractivity contribution in [1.29, 1.82) is 0 Å². The third-order valence-electron chi connectivity index (χ3n) is 0.837. The molecule has 0 fully saturated rings. The number of halogens is 6. The normalized spacial score (nSPS) is 13.9. The van der Waals surface area contributed by atoms with Crippen LogP contribution < -0.4 is 0 Å². The molecule has 0 heterocycles. The Bertz CT molecular complexity index is 182. The van der Waals surface area contributed by atoms with Crippen molar-refractivity contribution < 1.29 is 31.1 Å². The average Bonchev–Trinajstić information content (AvgIpc) is 1.85. The minimum absolute atomic E-state index is 0.351. The zero-order chi connectivity index (χ0) is 9.94. The lowest BCUT2D eigenvalue weighted by atomic mass is 10.4. The monoisotopic (exact) mass is 194 g/mol. The predicted molar refractivity (Wildman–Crippen MR) is 27.0 cm³/mol. The Hall–Kier alpha value is -0.880. The molecule has 1 nitrogen and oxygen atoms in total. The van der Waals surface area contributed by atoms with E-state index in [0.717, 1.165) is 0 Å². The summed E-state index contributed by atoms with van der Waals surface area (Å²) in [5, 5.41) is 0. The van der Waals surface area contributed by atoms with E-state index in [2.05, 4.69) is 4.74 Å². The number of hydrogen-bond donors (Lipinski definition) is 0. The SMILES string of the molecule is CC(F)C(F)(F)OC(F)=C(F)F. The van der Waals surface area contributed by atoms with Gasteiger partial charge in [-0.2, -0.15) is 22.0 Å². The third kappa shape index (κ3) is 3.02. The Kier molecular flexibility index (Phi) is 3.41. The van der Waals surface area contributed by atoms with Crippen molar-refractivity contribution in [3.63, 3.8) is 0 Å². The van der Waals surface area contributed by atoms with Gasteiger partial charge in [-0.1, -0.05) is 0 Å². The topological polar surface area (TPSA) is 9.23 Å². The molecular weight excluding hydrogens is 190 g/mol. The van der Waals surface area contributed by atoms with Crippen LogP contribution >= 0.6 is 0 Å². The highest BCUT2D eigenvalue weighted by Crippen LogP contribution is 2.27. The second-order valence-electron chi connectivity index (χ2n) is 1.81. The highest BCUT2D eigenvalue weighted by Gasteiger charge is 2.41. The van der Waals surface area contributed by atoms with Gasteiger partial charge in [-0.15, -0.1) is 0 Å². The van der Waals surface area contributed by atoms with E-state index in [9.17, 15) is 26.3 Å². The molecule has 0 amide bonds. The van der Waals surface area contributed by atoms with Gasteiger partial charge in [0.1, 0.15) is 0 Å². The maximum absolute atomic E-state index is 12.0. The molecule has 0 aliphatic carbocycles. The third-order valence-corrected chi connectivity index (χ3v) is 0.837. The summed E-state index contributed by atoms with van der Waals surface area (Å²) < 4.78 is 72.3. The van der Waals surface area contributed by atoms with Crippen molar-refractivity contribution in [2.45, 2.75) is 19.2 Å². The molecule has 0 spiro atoms. The van der Waals surface area contributed by atoms with Crippen LogP contribution in [0.5, 0.6) is 0 Å². The van der Waals surface area contributed by atoms with Gasteiger partial charge < -0.3 is 4.74 Å². The first-order chi connectivity index (χ1) is 5.27. The van der Waals surface area contributed by atoms with Crippen molar-refractivity contribution in [3.05, 3.63) is 12.1 Å². The zero-order valence-corrected chi connectivity index (χ0v) is 5.75. The molecule has 0 N–H and O–H groups in total. The van der Waals surface area contributed by atoms with Gasteiger partial charge in [0, 0.05) is 0 Å². The van der Waals surface area contributed by atoms with Crippen LogP contribution in [0.3, 0.4) is 0 Å². The molecule has 0 bridgehead atoms. The number of hydrogen-bond acceptors (Lipinski definition) is 1. The van der Waals surface area contributed by atoms with Gasteiger partial charge >= 0.3 is 18.2 Å². The largest absolute Gasteiger partial charge is 0.431 e. The van der Waals surface area contributed by atoms with Gasteiger partial charge in [0.2, 0.25) is 6.17 Å². The van der Waals surface area contributed by atoms with Crippen LogP contribution in [0.1, 0.15) is 6.92 Å². The Morgan fingerprint density at radius 2 is 1.67 bits per heavy atom. The zero-order valence-electron chi connectivity index (χ0n) is 5.75. The first kappa shape index (κ1) is 11.1. The molecule has 0 aromatic carbocycles. The van der Waals surface area contributed by atoms with E-state index < -0.39 is 24.4 Å². The lowest BCUT2D eigenvalue weighted by molar-refractivity contribution is -0.260. The molecule has 7 heteroatoms. The second-order valence-corrected chi connectivity index (χ2v) is 1.81. The summed E-state index contributed by atoms with van der Waals surface area (Å²) in [6.45, 7) is 0.351. The molecule has 1 unspecified atom stereocenters. The first-order valence-electron chi connectivity index (χ1n) is 2.69. The Morgan fingerprint density at radius 1 is 1.25 bits per heavy atom. The minimum Gasteiger partial charge on any atom is -0.400 e. The fourth-order valence-corrected chi connectivity index (χ4v) is 0.239. The quantitative estimate of drug-likeness (QED) is 0.495. The molecule has 0 saturated heterocycles. The Labute approximate surface area is 63.6 Å². The fraction of sp³-hybridized carbons (Fsp3) is 0.600. The predicted octanol–water partition coefficient (Wildman–Crippen LogP) is 2.99. The van der Waals surface area contributed by atoms with E-state index in [4.69, 9.17) is 0 Å². The summed E-state index contributed by atoms with van der Waals surface area (Å²) in [6, 6.07) is -2.77. The van der Waals surface area contributed by atoms with Crippen LogP contribution in [-0.2, 0) is 4.74 Å². The van der Waals surface area contributed by atoms with Crippen LogP contribution in [0, 0.1) is 0 Å². The van der Waals surface area contributed by atoms with E-state index in [1.165, 1.54) is 0 Å². The van der Waals surface area contributed by atoms with Crippen LogP contribution in [0.4, 0.5) is 26.3 Å². The summed E-state index contributed by atoms with van der Waals surface area (Å²) in [5.74, 6) is 0. The number of rotatable bonds is 3. The van der Waals surface area contributed by atoms with E-state index in [1.54, 1.807) is 0 Å². The average molecular weight is 194 g/mol. The highest BCUT2D eigenvalue weighted by molar-refractivity contribution is 4.83. The van der Waals surface area contributed by atoms with Gasteiger partial charge in [-0.3, -0.25) is 0 Å². The number of ether oxygens (including phenoxy) is 1. The van der Waals surface area contributed by atoms with Crippen molar-refractivity contribution in [2.75, 3.05) is 0 Å². The molecule has 0 aromatic heterocycles. The molecule has 12 heavy (non-hydrogen) atoms. The highest BCUT2D eigenvalue weighted by atomic mass is 19.3. The van der Waals surface area contributed by atoms with Crippen LogP contribution in [0.25, 0.3) is 0 Å². The molecule has 0 rings (SSSR count). The molecule has 1 atom stereocenters. The molecule has 0 radical (unpaired) electrons. The maximum Gasteiger partial charge on any atom is 0.431 e. The molecule has 0 aliphatic heterocycles. The Morgan fingerprint density at radius 3 is 1.92 bits per heavy atom. The summed E-state index contributed by atoms with van der Waals surface area (Å²) in [4.78, 5) is 0. The van der Waals surface area contributed by atoms with Crippen LogP contribution in [0.15, 0.2) is 12.1 Å². The first-order valence-corrected chi connectivity index (χ1v) is 2.69. The van der Waals surface area contributed by atoms with Gasteiger partial charge in [-0.05, 0) is 6.92 Å². The smallest absolute Gasteiger partial charge is 0.400 e. The summed E-state index contributed by atoms with van der Waals surface area (Å²) in [5.41, 5.74) is 0. The fourth-order valence-electron chi connectivity index (χ4n) is 0.239. The minimum atomic E-state index is -4.58. The van der Waals surface area contributed by atoms with E-state index in [1.807, 2.05) is 0 Å². The lowest BCUT2D eigenvalue weighted by Gasteiger charge is -2.16. The van der Waals surface area contributed by atoms with E-state index in [0.29, 0.717) is 6.92 Å². The van der Waals surface area contributed by atoms with Crippen LogP contribution in [-0.4, -0.2) is 12.3 Å². The van der Waals surface area contributed by atoms with Crippen LogP contribution in [0.2, 0.25) is 0 Å². The van der Waals surface area contributed by atoms with Gasteiger partial charge in [0.05, 0.1) is 0 Å². The standard InChI is InChI=1S/C5H4F6O/c1-2(6)5(10,11)12-4(9)3(7)8/h2H,1H3. The molecule has 0 aliphatic rings. The molecular formula is C5H4F6O. The second kappa shape index (κ2) is 3.68. The van der Waals surface area contributed by atoms with Crippen molar-refractivity contribution in [3.8, 4) is 0 Å². The number of alkyl halides is 3. The molecule has 0 saturated carbocycles. The van der Waals surface area contributed by atoms with Crippen molar-refractivity contribution >= 4 is 0 Å². The molecule has 72 valence electrons. The van der Waals surface area contributed by atoms with E-state index in [-0.39, 0.29) is 0 Å². The summed E-state index contributed by atoms with van der Waals surface area (Å²) in [6.07, 6.45) is -10.5. The van der Waals surface area contributed by atoms with E-state index >= 15 is 0 Å². The van der Waals surface area contributed by atoms with Crippen molar-refractivity contribution in [1.82, 2.24) is 0 Å². The van der Waals surface area contributed by atoms with Gasteiger partial charge in [-0.25, -0.2) is 4.39 Å². The summed E-state index contributed by atoms with van der Waals surface area (Å²) in [7, 11) is 0. The van der Waals surface area contributed by atoms with Crippen molar-refractivity contribution in [2.24, 2.45) is 0 Å².